The highest BCUT2D eigenvalue weighted by molar-refractivity contribution is 5.86. The quantitative estimate of drug-likeness (QED) is 0.758. The Morgan fingerprint density at radius 1 is 1.19 bits per heavy atom. The summed E-state index contributed by atoms with van der Waals surface area (Å²) in [5, 5.41) is 3.27. The van der Waals surface area contributed by atoms with Gasteiger partial charge in [0.25, 0.3) is 0 Å². The number of hydrogen-bond donors (Lipinski definition) is 1. The number of carbonyl (C=O) groups is 1. The molecule has 2 aliphatic heterocycles. The fraction of sp³-hybridized carbons (Fsp3) is 0.462. The van der Waals surface area contributed by atoms with Crippen LogP contribution in [0.3, 0.4) is 0 Å². The molecule has 16 heavy (non-hydrogen) atoms. The van der Waals surface area contributed by atoms with Gasteiger partial charge in [-0.3, -0.25) is 10.1 Å². The first-order valence-corrected chi connectivity index (χ1v) is 5.96. The molecule has 0 radical (unpaired) electrons. The van der Waals surface area contributed by atoms with Gasteiger partial charge in [0.05, 0.1) is 6.04 Å². The number of amides is 1. The van der Waals surface area contributed by atoms with E-state index >= 15 is 0 Å². The molecule has 0 saturated carbocycles. The van der Waals surface area contributed by atoms with Crippen LogP contribution in [0, 0.1) is 0 Å². The second kappa shape index (κ2) is 3.91. The molecule has 2 fully saturated rings. The molecule has 3 nitrogen and oxygen atoms in total. The molecule has 1 N–H and O–H groups in total. The van der Waals surface area contributed by atoms with Gasteiger partial charge in [-0.25, -0.2) is 0 Å². The van der Waals surface area contributed by atoms with E-state index < -0.39 is 0 Å². The second-order valence-corrected chi connectivity index (χ2v) is 4.57. The smallest absolute Gasteiger partial charge is 0.241 e. The average Bonchev–Trinajstić information content (AvgIpc) is 2.95. The third-order valence-corrected chi connectivity index (χ3v) is 3.43. The van der Waals surface area contributed by atoms with Gasteiger partial charge in [0, 0.05) is 13.1 Å². The lowest BCUT2D eigenvalue weighted by Gasteiger charge is -2.13. The van der Waals surface area contributed by atoms with Crippen molar-refractivity contribution in [1.82, 2.24) is 10.2 Å². The lowest BCUT2D eigenvalue weighted by Crippen LogP contribution is -2.32. The third-order valence-electron chi connectivity index (χ3n) is 3.43. The summed E-state index contributed by atoms with van der Waals surface area (Å²) in [5.41, 5.74) is 1.22. The van der Waals surface area contributed by atoms with E-state index in [-0.39, 0.29) is 18.0 Å². The number of nitrogens with zero attached hydrogens (tertiary/aromatic N) is 1. The van der Waals surface area contributed by atoms with Crippen molar-refractivity contribution in [2.45, 2.75) is 24.9 Å². The fourth-order valence-electron chi connectivity index (χ4n) is 2.44. The third kappa shape index (κ3) is 1.71. The molecule has 2 aliphatic rings. The minimum Gasteiger partial charge on any atom is -0.341 e. The molecule has 2 saturated heterocycles. The van der Waals surface area contributed by atoms with Crippen molar-refractivity contribution in [2.24, 2.45) is 0 Å². The molecule has 0 spiro atoms. The first-order valence-electron chi connectivity index (χ1n) is 5.96. The standard InChI is InChI=1S/C13H16N2O/c16-13(15-8-4-5-9-15)12-11(14-12)10-6-2-1-3-7-10/h1-3,6-7,11-12,14H,4-5,8-9H2. The zero-order valence-corrected chi connectivity index (χ0v) is 9.23. The lowest BCUT2D eigenvalue weighted by molar-refractivity contribution is -0.129. The van der Waals surface area contributed by atoms with Gasteiger partial charge in [-0.05, 0) is 18.4 Å². The van der Waals surface area contributed by atoms with Gasteiger partial charge in [-0.2, -0.15) is 0 Å². The maximum Gasteiger partial charge on any atom is 0.241 e. The summed E-state index contributed by atoms with van der Waals surface area (Å²) in [6, 6.07) is 10.5. The Bertz CT molecular complexity index is 384. The molecule has 2 unspecified atom stereocenters. The van der Waals surface area contributed by atoms with Crippen LogP contribution in [-0.2, 0) is 4.79 Å². The van der Waals surface area contributed by atoms with Gasteiger partial charge in [0.2, 0.25) is 5.91 Å². The number of likely N-dealkylation sites (tertiary alicyclic amines) is 1. The molecule has 84 valence electrons. The number of benzene rings is 1. The largest absolute Gasteiger partial charge is 0.341 e. The molecule has 3 heteroatoms. The van der Waals surface area contributed by atoms with Crippen LogP contribution in [0.1, 0.15) is 24.4 Å². The van der Waals surface area contributed by atoms with E-state index in [1.165, 1.54) is 5.56 Å². The van der Waals surface area contributed by atoms with E-state index in [0.29, 0.717) is 0 Å². The summed E-state index contributed by atoms with van der Waals surface area (Å²) in [4.78, 5) is 14.0. The monoisotopic (exact) mass is 216 g/mol. The van der Waals surface area contributed by atoms with E-state index in [9.17, 15) is 4.79 Å². The van der Waals surface area contributed by atoms with Crippen LogP contribution < -0.4 is 5.32 Å². The normalized spacial score (nSPS) is 28.1. The van der Waals surface area contributed by atoms with Crippen molar-refractivity contribution in [1.29, 1.82) is 0 Å². The molecule has 2 atom stereocenters. The van der Waals surface area contributed by atoms with E-state index in [1.54, 1.807) is 0 Å². The Morgan fingerprint density at radius 2 is 1.88 bits per heavy atom. The van der Waals surface area contributed by atoms with Gasteiger partial charge in [0.1, 0.15) is 6.04 Å². The van der Waals surface area contributed by atoms with Crippen molar-refractivity contribution >= 4 is 5.91 Å². The summed E-state index contributed by atoms with van der Waals surface area (Å²) in [7, 11) is 0. The molecule has 0 aromatic heterocycles. The van der Waals surface area contributed by atoms with Gasteiger partial charge in [0.15, 0.2) is 0 Å². The Hall–Kier alpha value is -1.35. The van der Waals surface area contributed by atoms with Gasteiger partial charge < -0.3 is 4.90 Å². The van der Waals surface area contributed by atoms with Crippen LogP contribution >= 0.6 is 0 Å². The van der Waals surface area contributed by atoms with Crippen molar-refractivity contribution in [3.8, 4) is 0 Å². The van der Waals surface area contributed by atoms with Crippen LogP contribution in [-0.4, -0.2) is 29.9 Å². The molecule has 1 aromatic rings. The van der Waals surface area contributed by atoms with Crippen LogP contribution in [0.25, 0.3) is 0 Å². The van der Waals surface area contributed by atoms with Crippen molar-refractivity contribution in [3.63, 3.8) is 0 Å². The van der Waals surface area contributed by atoms with Crippen molar-refractivity contribution in [3.05, 3.63) is 35.9 Å². The van der Waals surface area contributed by atoms with Crippen molar-refractivity contribution < 1.29 is 4.79 Å². The summed E-state index contributed by atoms with van der Waals surface area (Å²) < 4.78 is 0. The zero-order chi connectivity index (χ0) is 11.0. The Morgan fingerprint density at radius 3 is 2.56 bits per heavy atom. The predicted molar refractivity (Wildman–Crippen MR) is 61.9 cm³/mol. The van der Waals surface area contributed by atoms with Crippen LogP contribution in [0.15, 0.2) is 30.3 Å². The van der Waals surface area contributed by atoms with E-state index in [0.717, 1.165) is 25.9 Å². The summed E-state index contributed by atoms with van der Waals surface area (Å²) in [6.07, 6.45) is 2.32. The number of nitrogens with one attached hydrogen (secondary N) is 1. The molecule has 0 aliphatic carbocycles. The van der Waals surface area contributed by atoms with Gasteiger partial charge >= 0.3 is 0 Å². The maximum absolute atomic E-state index is 12.1. The summed E-state index contributed by atoms with van der Waals surface area (Å²) in [5.74, 6) is 0.284. The van der Waals surface area contributed by atoms with Crippen molar-refractivity contribution in [2.75, 3.05) is 13.1 Å². The molecule has 1 amide bonds. The predicted octanol–water partition coefficient (Wildman–Crippen LogP) is 1.32. The topological polar surface area (TPSA) is 42.3 Å². The first kappa shape index (κ1) is 9.85. The number of rotatable bonds is 2. The summed E-state index contributed by atoms with van der Waals surface area (Å²) in [6.45, 7) is 1.89. The molecular formula is C13H16N2O. The molecule has 1 aromatic carbocycles. The second-order valence-electron chi connectivity index (χ2n) is 4.57. The minimum atomic E-state index is 0.0282. The minimum absolute atomic E-state index is 0.0282. The maximum atomic E-state index is 12.1. The lowest BCUT2D eigenvalue weighted by atomic mass is 10.1. The average molecular weight is 216 g/mol. The van der Waals surface area contributed by atoms with E-state index in [2.05, 4.69) is 17.4 Å². The highest BCUT2D eigenvalue weighted by atomic mass is 16.2. The Kier molecular flexibility index (Phi) is 2.40. The zero-order valence-electron chi connectivity index (χ0n) is 9.23. The van der Waals surface area contributed by atoms with Crippen LogP contribution in [0.5, 0.6) is 0 Å². The molecule has 2 heterocycles. The fourth-order valence-corrected chi connectivity index (χ4v) is 2.44. The van der Waals surface area contributed by atoms with Gasteiger partial charge in [-0.1, -0.05) is 30.3 Å². The Labute approximate surface area is 95.4 Å². The Balaban J connectivity index is 1.65. The number of hydrogen-bond acceptors (Lipinski definition) is 2. The highest BCUT2D eigenvalue weighted by Crippen LogP contribution is 2.31. The molecule has 3 rings (SSSR count). The highest BCUT2D eigenvalue weighted by Gasteiger charge is 2.45. The summed E-state index contributed by atoms with van der Waals surface area (Å²) >= 11 is 0. The van der Waals surface area contributed by atoms with Crippen LogP contribution in [0.2, 0.25) is 0 Å². The molecule has 0 bridgehead atoms. The first-order chi connectivity index (χ1) is 7.86. The van der Waals surface area contributed by atoms with Crippen LogP contribution in [0.4, 0.5) is 0 Å². The van der Waals surface area contributed by atoms with E-state index in [4.69, 9.17) is 0 Å². The SMILES string of the molecule is O=C(C1NC1c1ccccc1)N1CCCC1. The number of carbonyl (C=O) groups excluding carboxylic acids is 1. The molecular weight excluding hydrogens is 200 g/mol. The van der Waals surface area contributed by atoms with E-state index in [1.807, 2.05) is 23.1 Å². The van der Waals surface area contributed by atoms with Gasteiger partial charge in [-0.15, -0.1) is 0 Å².